The number of ether oxygens (including phenoxy) is 2. The number of halogens is 3. The summed E-state index contributed by atoms with van der Waals surface area (Å²) >= 11 is 10.4. The van der Waals surface area contributed by atoms with Gasteiger partial charge in [0, 0.05) is 4.47 Å². The summed E-state index contributed by atoms with van der Waals surface area (Å²) in [6.07, 6.45) is 0. The van der Waals surface area contributed by atoms with E-state index in [0.717, 1.165) is 29.8 Å². The van der Waals surface area contributed by atoms with Crippen LogP contribution in [0.1, 0.15) is 26.3 Å². The fourth-order valence-corrected chi connectivity index (χ4v) is 4.42. The molecule has 0 spiro atoms. The van der Waals surface area contributed by atoms with Gasteiger partial charge in [-0.2, -0.15) is 0 Å². The van der Waals surface area contributed by atoms with E-state index < -0.39 is 11.8 Å². The van der Waals surface area contributed by atoms with Crippen molar-refractivity contribution in [2.45, 2.75) is 26.2 Å². The lowest BCUT2D eigenvalue weighted by Gasteiger charge is -2.20. The van der Waals surface area contributed by atoms with Crippen LogP contribution in [-0.2, 0) is 15.0 Å². The Balaban J connectivity index is 1.46. The summed E-state index contributed by atoms with van der Waals surface area (Å²) in [4.78, 5) is 24.1. The molecule has 0 heterocycles. The molecule has 2 amide bonds. The molecule has 0 unspecified atom stereocenters. The largest absolute Gasteiger partial charge is 0.483 e. The third kappa shape index (κ3) is 6.94. The van der Waals surface area contributed by atoms with E-state index >= 15 is 0 Å². The van der Waals surface area contributed by atoms with Crippen LogP contribution in [0.25, 0.3) is 10.8 Å². The highest BCUT2D eigenvalue weighted by atomic mass is 79.9. The van der Waals surface area contributed by atoms with Crippen molar-refractivity contribution in [2.24, 2.45) is 0 Å². The number of carbonyl (C=O) groups excluding carboxylic acids is 2. The first-order valence-electron chi connectivity index (χ1n) is 10.1. The first kappa shape index (κ1) is 25.5. The number of amides is 2. The molecule has 3 rings (SSSR count). The first-order chi connectivity index (χ1) is 15.5. The zero-order valence-electron chi connectivity index (χ0n) is 18.3. The Kier molecular flexibility index (Phi) is 8.42. The molecule has 174 valence electrons. The first-order valence-corrected chi connectivity index (χ1v) is 12.4. The Morgan fingerprint density at radius 2 is 1.42 bits per heavy atom. The molecule has 0 aliphatic heterocycles. The van der Waals surface area contributed by atoms with Crippen molar-refractivity contribution in [3.05, 3.63) is 67.5 Å². The van der Waals surface area contributed by atoms with Crippen molar-refractivity contribution in [3.8, 4) is 11.5 Å². The second-order valence-electron chi connectivity index (χ2n) is 8.31. The van der Waals surface area contributed by atoms with E-state index in [-0.39, 0.29) is 18.6 Å². The van der Waals surface area contributed by atoms with Crippen molar-refractivity contribution in [2.75, 3.05) is 13.2 Å². The number of hydrogen-bond acceptors (Lipinski definition) is 4. The number of nitrogens with one attached hydrogen (secondary N) is 2. The summed E-state index contributed by atoms with van der Waals surface area (Å²) in [6.45, 7) is 5.84. The average molecular weight is 643 g/mol. The second kappa shape index (κ2) is 10.9. The summed E-state index contributed by atoms with van der Waals surface area (Å²) in [5.74, 6) is 0.0775. The lowest BCUT2D eigenvalue weighted by atomic mass is 9.87. The predicted octanol–water partition coefficient (Wildman–Crippen LogP) is 6.03. The zero-order chi connectivity index (χ0) is 24.2. The highest BCUT2D eigenvalue weighted by Crippen LogP contribution is 2.34. The number of fused-ring (bicyclic) bond motifs is 1. The van der Waals surface area contributed by atoms with Crippen LogP contribution in [0.5, 0.6) is 11.5 Å². The van der Waals surface area contributed by atoms with E-state index in [1.165, 1.54) is 0 Å². The maximum absolute atomic E-state index is 12.1. The molecule has 0 fully saturated rings. The summed E-state index contributed by atoms with van der Waals surface area (Å²) < 4.78 is 13.6. The molecule has 0 saturated carbocycles. The van der Waals surface area contributed by atoms with E-state index in [0.29, 0.717) is 11.5 Å². The van der Waals surface area contributed by atoms with Gasteiger partial charge in [0.05, 0.1) is 8.95 Å². The van der Waals surface area contributed by atoms with Crippen molar-refractivity contribution in [3.63, 3.8) is 0 Å². The number of hydrazine groups is 1. The summed E-state index contributed by atoms with van der Waals surface area (Å²) in [5.41, 5.74) is 5.79. The minimum absolute atomic E-state index is 0.00433. The molecule has 3 aromatic rings. The van der Waals surface area contributed by atoms with E-state index in [2.05, 4.69) is 79.4 Å². The molecule has 9 heteroatoms. The summed E-state index contributed by atoms with van der Waals surface area (Å²) in [7, 11) is 0. The van der Waals surface area contributed by atoms with Gasteiger partial charge in [0.15, 0.2) is 13.2 Å². The molecular weight excluding hydrogens is 620 g/mol. The molecule has 0 aliphatic carbocycles. The standard InChI is InChI=1S/C24H23Br3N2O4/c1-24(2,3)15-5-9-19(18(26)11-15)32-12-21(30)28-29-22(31)13-33-20-8-4-14-10-16(25)6-7-17(14)23(20)27/h4-11H,12-13H2,1-3H3,(H,28,30)(H,29,31). The Bertz CT molecular complexity index is 1190. The van der Waals surface area contributed by atoms with Crippen LogP contribution in [0.4, 0.5) is 0 Å². The van der Waals surface area contributed by atoms with Crippen LogP contribution in [0, 0.1) is 0 Å². The van der Waals surface area contributed by atoms with Gasteiger partial charge in [-0.1, -0.05) is 54.9 Å². The number of benzene rings is 3. The van der Waals surface area contributed by atoms with Crippen LogP contribution in [0.2, 0.25) is 0 Å². The predicted molar refractivity (Wildman–Crippen MR) is 139 cm³/mol. The maximum Gasteiger partial charge on any atom is 0.276 e. The molecule has 0 aromatic heterocycles. The van der Waals surface area contributed by atoms with Gasteiger partial charge in [0.1, 0.15) is 11.5 Å². The highest BCUT2D eigenvalue weighted by molar-refractivity contribution is 9.11. The van der Waals surface area contributed by atoms with Crippen LogP contribution in [-0.4, -0.2) is 25.0 Å². The van der Waals surface area contributed by atoms with E-state index in [1.54, 1.807) is 6.07 Å². The molecule has 33 heavy (non-hydrogen) atoms. The molecule has 0 aliphatic rings. The molecule has 0 bridgehead atoms. The van der Waals surface area contributed by atoms with E-state index in [1.807, 2.05) is 42.5 Å². The van der Waals surface area contributed by atoms with Gasteiger partial charge in [-0.15, -0.1) is 0 Å². The van der Waals surface area contributed by atoms with Crippen LogP contribution in [0.3, 0.4) is 0 Å². The SMILES string of the molecule is CC(C)(C)c1ccc(OCC(=O)NNC(=O)COc2ccc3cc(Br)ccc3c2Br)c(Br)c1. The number of carbonyl (C=O) groups is 2. The van der Waals surface area contributed by atoms with Crippen molar-refractivity contribution in [1.29, 1.82) is 0 Å². The van der Waals surface area contributed by atoms with E-state index in [9.17, 15) is 9.59 Å². The van der Waals surface area contributed by atoms with Crippen LogP contribution < -0.4 is 20.3 Å². The zero-order valence-corrected chi connectivity index (χ0v) is 23.1. The van der Waals surface area contributed by atoms with Gasteiger partial charge in [-0.05, 0) is 83.9 Å². The Labute approximate surface area is 217 Å². The Morgan fingerprint density at radius 1 is 0.818 bits per heavy atom. The molecule has 6 nitrogen and oxygen atoms in total. The highest BCUT2D eigenvalue weighted by Gasteiger charge is 2.16. The average Bonchev–Trinajstić information content (AvgIpc) is 2.75. The maximum atomic E-state index is 12.1. The van der Waals surface area contributed by atoms with Gasteiger partial charge in [-0.3, -0.25) is 20.4 Å². The lowest BCUT2D eigenvalue weighted by molar-refractivity contribution is -0.131. The quantitative estimate of drug-likeness (QED) is 0.322. The summed E-state index contributed by atoms with van der Waals surface area (Å²) in [6, 6.07) is 15.3. The minimum Gasteiger partial charge on any atom is -0.483 e. The molecule has 2 N–H and O–H groups in total. The molecule has 0 radical (unpaired) electrons. The van der Waals surface area contributed by atoms with Crippen LogP contribution >= 0.6 is 47.8 Å². The summed E-state index contributed by atoms with van der Waals surface area (Å²) in [5, 5.41) is 1.99. The normalized spacial score (nSPS) is 11.2. The van der Waals surface area contributed by atoms with Gasteiger partial charge < -0.3 is 9.47 Å². The molecular formula is C24H23Br3N2O4. The minimum atomic E-state index is -0.498. The van der Waals surface area contributed by atoms with Crippen molar-refractivity contribution < 1.29 is 19.1 Å². The van der Waals surface area contributed by atoms with Crippen molar-refractivity contribution >= 4 is 70.4 Å². The number of hydrogen-bond donors (Lipinski definition) is 2. The number of rotatable bonds is 6. The topological polar surface area (TPSA) is 76.7 Å². The molecule has 0 atom stereocenters. The second-order valence-corrected chi connectivity index (χ2v) is 10.9. The van der Waals surface area contributed by atoms with Gasteiger partial charge in [0.2, 0.25) is 0 Å². The van der Waals surface area contributed by atoms with Crippen molar-refractivity contribution in [1.82, 2.24) is 10.9 Å². The fourth-order valence-electron chi connectivity index (χ4n) is 2.94. The smallest absolute Gasteiger partial charge is 0.276 e. The molecule has 0 saturated heterocycles. The van der Waals surface area contributed by atoms with Gasteiger partial charge in [-0.25, -0.2) is 0 Å². The van der Waals surface area contributed by atoms with E-state index in [4.69, 9.17) is 9.47 Å². The Hall–Kier alpha value is -2.10. The van der Waals surface area contributed by atoms with Crippen LogP contribution in [0.15, 0.2) is 61.9 Å². The third-order valence-electron chi connectivity index (χ3n) is 4.74. The monoisotopic (exact) mass is 640 g/mol. The van der Waals surface area contributed by atoms with Gasteiger partial charge in [0.25, 0.3) is 11.8 Å². The lowest BCUT2D eigenvalue weighted by Crippen LogP contribution is -2.45. The third-order valence-corrected chi connectivity index (χ3v) is 6.67. The van der Waals surface area contributed by atoms with Gasteiger partial charge >= 0.3 is 0 Å². The fraction of sp³-hybridized carbons (Fsp3) is 0.250. The molecule has 3 aromatic carbocycles. The Morgan fingerprint density at radius 3 is 2.03 bits per heavy atom.